The fraction of sp³-hybridized carbons (Fsp3) is 0.267. The van der Waals surface area contributed by atoms with Crippen LogP contribution in [0.2, 0.25) is 0 Å². The van der Waals surface area contributed by atoms with E-state index in [-0.39, 0.29) is 5.91 Å². The van der Waals surface area contributed by atoms with E-state index >= 15 is 0 Å². The van der Waals surface area contributed by atoms with Crippen LogP contribution in [0.1, 0.15) is 23.7 Å². The van der Waals surface area contributed by atoms with Crippen LogP contribution in [0.3, 0.4) is 0 Å². The highest BCUT2D eigenvalue weighted by molar-refractivity contribution is 6.03. The van der Waals surface area contributed by atoms with Crippen LogP contribution >= 0.6 is 0 Å². The number of hydrogen-bond donors (Lipinski definition) is 2. The van der Waals surface area contributed by atoms with Crippen LogP contribution in [0, 0.1) is 0 Å². The van der Waals surface area contributed by atoms with Crippen LogP contribution in [-0.2, 0) is 11.3 Å². The van der Waals surface area contributed by atoms with E-state index < -0.39 is 12.6 Å². The van der Waals surface area contributed by atoms with E-state index in [0.29, 0.717) is 17.0 Å². The highest BCUT2D eigenvalue weighted by atomic mass is 16.5. The monoisotopic (exact) mass is 303 g/mol. The van der Waals surface area contributed by atoms with Gasteiger partial charge in [-0.25, -0.2) is 4.79 Å². The van der Waals surface area contributed by atoms with Gasteiger partial charge >= 0.3 is 5.97 Å². The van der Waals surface area contributed by atoms with Crippen molar-refractivity contribution in [3.63, 3.8) is 0 Å². The van der Waals surface area contributed by atoms with Gasteiger partial charge in [0.05, 0.1) is 11.8 Å². The Kier molecular flexibility index (Phi) is 5.13. The number of rotatable bonds is 7. The maximum Gasteiger partial charge on any atom is 0.341 e. The van der Waals surface area contributed by atoms with Crippen LogP contribution in [-0.4, -0.2) is 33.4 Å². The van der Waals surface area contributed by atoms with E-state index in [1.165, 1.54) is 6.20 Å². The number of amides is 1. The Morgan fingerprint density at radius 3 is 2.68 bits per heavy atom. The molecular weight excluding hydrogens is 286 g/mol. The van der Waals surface area contributed by atoms with Crippen molar-refractivity contribution < 1.29 is 19.4 Å². The summed E-state index contributed by atoms with van der Waals surface area (Å²) in [5, 5.41) is 15.4. The normalized spacial score (nSPS) is 10.2. The zero-order chi connectivity index (χ0) is 15.9. The Balaban J connectivity index is 1.94. The molecule has 1 aromatic carbocycles. The third-order valence-corrected chi connectivity index (χ3v) is 2.82. The number of ether oxygens (including phenoxy) is 1. The van der Waals surface area contributed by atoms with Gasteiger partial charge in [0.1, 0.15) is 5.75 Å². The molecule has 7 heteroatoms. The van der Waals surface area contributed by atoms with Gasteiger partial charge in [-0.15, -0.1) is 0 Å². The molecule has 1 amide bonds. The lowest BCUT2D eigenvalue weighted by molar-refractivity contribution is -0.139. The predicted octanol–water partition coefficient (Wildman–Crippen LogP) is 2.01. The SMILES string of the molecule is CCCn1cc(C(=O)Nc2ccc(OCC(=O)O)cc2)cn1. The number of carbonyl (C=O) groups is 2. The first-order valence-electron chi connectivity index (χ1n) is 6.87. The molecule has 1 aromatic heterocycles. The molecule has 1 heterocycles. The summed E-state index contributed by atoms with van der Waals surface area (Å²) in [7, 11) is 0. The summed E-state index contributed by atoms with van der Waals surface area (Å²) in [5.74, 6) is -0.862. The molecular formula is C15H17N3O4. The number of nitrogens with zero attached hydrogens (tertiary/aromatic N) is 2. The molecule has 2 rings (SSSR count). The maximum absolute atomic E-state index is 12.1. The Morgan fingerprint density at radius 1 is 1.32 bits per heavy atom. The maximum atomic E-state index is 12.1. The molecule has 116 valence electrons. The van der Waals surface area contributed by atoms with Gasteiger partial charge < -0.3 is 15.2 Å². The molecule has 2 aromatic rings. The van der Waals surface area contributed by atoms with Gasteiger partial charge in [0.2, 0.25) is 0 Å². The lowest BCUT2D eigenvalue weighted by atomic mass is 10.2. The van der Waals surface area contributed by atoms with Gasteiger partial charge in [0.25, 0.3) is 5.91 Å². The van der Waals surface area contributed by atoms with Crippen molar-refractivity contribution in [2.24, 2.45) is 0 Å². The van der Waals surface area contributed by atoms with Crippen molar-refractivity contribution in [1.82, 2.24) is 9.78 Å². The molecule has 0 aliphatic rings. The highest BCUT2D eigenvalue weighted by Gasteiger charge is 2.09. The van der Waals surface area contributed by atoms with E-state index in [2.05, 4.69) is 10.4 Å². The third kappa shape index (κ3) is 4.34. The first-order chi connectivity index (χ1) is 10.6. The molecule has 0 saturated carbocycles. The smallest absolute Gasteiger partial charge is 0.341 e. The van der Waals surface area contributed by atoms with Crippen LogP contribution in [0.25, 0.3) is 0 Å². The first-order valence-corrected chi connectivity index (χ1v) is 6.87. The number of aliphatic carboxylic acids is 1. The average Bonchev–Trinajstić information content (AvgIpc) is 2.96. The highest BCUT2D eigenvalue weighted by Crippen LogP contribution is 2.16. The van der Waals surface area contributed by atoms with Crippen molar-refractivity contribution in [3.8, 4) is 5.75 Å². The standard InChI is InChI=1S/C15H17N3O4/c1-2-7-18-9-11(8-16-18)15(21)17-12-3-5-13(6-4-12)22-10-14(19)20/h3-6,8-9H,2,7,10H2,1H3,(H,17,21)(H,19,20). The molecule has 0 radical (unpaired) electrons. The van der Waals surface area contributed by atoms with E-state index in [4.69, 9.17) is 9.84 Å². The van der Waals surface area contributed by atoms with Crippen molar-refractivity contribution >= 4 is 17.6 Å². The van der Waals surface area contributed by atoms with Gasteiger partial charge in [0.15, 0.2) is 6.61 Å². The number of aromatic nitrogens is 2. The lowest BCUT2D eigenvalue weighted by Gasteiger charge is -2.06. The molecule has 0 atom stereocenters. The number of carbonyl (C=O) groups excluding carboxylic acids is 1. The van der Waals surface area contributed by atoms with Gasteiger partial charge in [-0.05, 0) is 30.7 Å². The summed E-state index contributed by atoms with van der Waals surface area (Å²) >= 11 is 0. The molecule has 7 nitrogen and oxygen atoms in total. The number of carboxylic acid groups (broad SMARTS) is 1. The van der Waals surface area contributed by atoms with E-state index in [1.54, 1.807) is 35.1 Å². The Labute approximate surface area is 127 Å². The van der Waals surface area contributed by atoms with Gasteiger partial charge in [-0.2, -0.15) is 5.10 Å². The second-order valence-corrected chi connectivity index (χ2v) is 4.65. The van der Waals surface area contributed by atoms with Crippen molar-refractivity contribution in [2.75, 3.05) is 11.9 Å². The van der Waals surface area contributed by atoms with Gasteiger partial charge in [-0.3, -0.25) is 9.48 Å². The average molecular weight is 303 g/mol. The van der Waals surface area contributed by atoms with Crippen molar-refractivity contribution in [3.05, 3.63) is 42.2 Å². The molecule has 0 bridgehead atoms. The van der Waals surface area contributed by atoms with Crippen molar-refractivity contribution in [2.45, 2.75) is 19.9 Å². The summed E-state index contributed by atoms with van der Waals surface area (Å²) in [6.07, 6.45) is 4.17. The second kappa shape index (κ2) is 7.26. The molecule has 0 spiro atoms. The summed E-state index contributed by atoms with van der Waals surface area (Å²) in [6.45, 7) is 2.40. The van der Waals surface area contributed by atoms with E-state index in [1.807, 2.05) is 6.92 Å². The zero-order valence-electron chi connectivity index (χ0n) is 12.2. The Bertz CT molecular complexity index is 649. The number of benzene rings is 1. The number of aryl methyl sites for hydroxylation is 1. The minimum atomic E-state index is -1.04. The number of hydrogen-bond acceptors (Lipinski definition) is 4. The van der Waals surface area contributed by atoms with E-state index in [9.17, 15) is 9.59 Å². The summed E-state index contributed by atoms with van der Waals surface area (Å²) in [4.78, 5) is 22.5. The summed E-state index contributed by atoms with van der Waals surface area (Å²) in [5.41, 5.74) is 1.08. The quantitative estimate of drug-likeness (QED) is 0.816. The van der Waals surface area contributed by atoms with Gasteiger partial charge in [-0.1, -0.05) is 6.92 Å². The largest absolute Gasteiger partial charge is 0.482 e. The molecule has 0 aliphatic heterocycles. The minimum Gasteiger partial charge on any atom is -0.482 e. The van der Waals surface area contributed by atoms with Crippen LogP contribution in [0.15, 0.2) is 36.7 Å². The molecule has 2 N–H and O–H groups in total. The molecule has 0 saturated heterocycles. The second-order valence-electron chi connectivity index (χ2n) is 4.65. The Hall–Kier alpha value is -2.83. The predicted molar refractivity (Wildman–Crippen MR) is 80.0 cm³/mol. The number of nitrogens with one attached hydrogen (secondary N) is 1. The third-order valence-electron chi connectivity index (χ3n) is 2.82. The molecule has 0 aliphatic carbocycles. The fourth-order valence-corrected chi connectivity index (χ4v) is 1.82. The molecule has 0 unspecified atom stereocenters. The Morgan fingerprint density at radius 2 is 2.05 bits per heavy atom. The van der Waals surface area contributed by atoms with Crippen LogP contribution < -0.4 is 10.1 Å². The first kappa shape index (κ1) is 15.6. The molecule has 0 fully saturated rings. The van der Waals surface area contributed by atoms with E-state index in [0.717, 1.165) is 13.0 Å². The fourth-order valence-electron chi connectivity index (χ4n) is 1.82. The van der Waals surface area contributed by atoms with Crippen molar-refractivity contribution in [1.29, 1.82) is 0 Å². The molecule has 22 heavy (non-hydrogen) atoms. The van der Waals surface area contributed by atoms with Gasteiger partial charge in [0, 0.05) is 18.4 Å². The minimum absolute atomic E-state index is 0.249. The van der Waals surface area contributed by atoms with Crippen LogP contribution in [0.4, 0.5) is 5.69 Å². The summed E-state index contributed by atoms with van der Waals surface area (Å²) in [6, 6.07) is 6.48. The number of carboxylic acids is 1. The lowest BCUT2D eigenvalue weighted by Crippen LogP contribution is -2.11. The number of anilines is 1. The topological polar surface area (TPSA) is 93.5 Å². The zero-order valence-corrected chi connectivity index (χ0v) is 12.2. The summed E-state index contributed by atoms with van der Waals surface area (Å²) < 4.78 is 6.74. The van der Waals surface area contributed by atoms with Crippen LogP contribution in [0.5, 0.6) is 5.75 Å².